The summed E-state index contributed by atoms with van der Waals surface area (Å²) in [4.78, 5) is 30.6. The highest BCUT2D eigenvalue weighted by Gasteiger charge is 2.20. The standard InChI is InChI=1S/C23H26N2O2S/c1-4-6-15-25-22(27)19-9-7-8-10-20(19)24-23(25)28-16(3)21(26)18-13-11-17(5-2)12-14-18/h7-14,16H,4-6,15H2,1-3H3/t16-/m1/s1. The lowest BCUT2D eigenvalue weighted by Gasteiger charge is -2.16. The Bertz CT molecular complexity index is 1020. The fourth-order valence-electron chi connectivity index (χ4n) is 3.10. The van der Waals surface area contributed by atoms with Crippen LogP contribution in [0.1, 0.15) is 49.5 Å². The number of carbonyl (C=O) groups excluding carboxylic acids is 1. The number of ketones is 1. The first kappa shape index (κ1) is 20.3. The Morgan fingerprint density at radius 1 is 1.11 bits per heavy atom. The van der Waals surface area contributed by atoms with E-state index in [-0.39, 0.29) is 16.6 Å². The number of aromatic nitrogens is 2. The molecule has 0 aliphatic rings. The molecule has 0 radical (unpaired) electrons. The molecule has 1 heterocycles. The topological polar surface area (TPSA) is 52.0 Å². The van der Waals surface area contributed by atoms with Crippen molar-refractivity contribution in [2.24, 2.45) is 0 Å². The molecule has 0 fully saturated rings. The summed E-state index contributed by atoms with van der Waals surface area (Å²) in [5, 5.41) is 0.911. The minimum absolute atomic E-state index is 0.0338. The predicted octanol–water partition coefficient (Wildman–Crippen LogP) is 5.12. The largest absolute Gasteiger partial charge is 0.293 e. The first-order chi connectivity index (χ1) is 13.5. The van der Waals surface area contributed by atoms with Gasteiger partial charge in [-0.2, -0.15) is 0 Å². The van der Waals surface area contributed by atoms with Crippen LogP contribution in [0.15, 0.2) is 58.5 Å². The Morgan fingerprint density at radius 3 is 2.50 bits per heavy atom. The third kappa shape index (κ3) is 4.36. The van der Waals surface area contributed by atoms with Crippen LogP contribution in [0, 0.1) is 0 Å². The normalized spacial score (nSPS) is 12.2. The van der Waals surface area contributed by atoms with Crippen LogP contribution in [-0.2, 0) is 13.0 Å². The number of carbonyl (C=O) groups is 1. The van der Waals surface area contributed by atoms with Crippen LogP contribution in [0.4, 0.5) is 0 Å². The van der Waals surface area contributed by atoms with Gasteiger partial charge in [-0.15, -0.1) is 0 Å². The quantitative estimate of drug-likeness (QED) is 0.302. The van der Waals surface area contributed by atoms with Crippen LogP contribution < -0.4 is 5.56 Å². The molecule has 3 aromatic rings. The zero-order valence-electron chi connectivity index (χ0n) is 16.6. The van der Waals surface area contributed by atoms with Crippen molar-refractivity contribution in [3.63, 3.8) is 0 Å². The summed E-state index contributed by atoms with van der Waals surface area (Å²) in [6, 6.07) is 15.2. The van der Waals surface area contributed by atoms with E-state index in [2.05, 4.69) is 13.8 Å². The molecule has 0 unspecified atom stereocenters. The molecule has 0 saturated carbocycles. The van der Waals surface area contributed by atoms with Crippen molar-refractivity contribution >= 4 is 28.4 Å². The lowest BCUT2D eigenvalue weighted by molar-refractivity contribution is 0.0994. The summed E-state index contributed by atoms with van der Waals surface area (Å²) < 4.78 is 1.72. The number of hydrogen-bond donors (Lipinski definition) is 0. The van der Waals surface area contributed by atoms with E-state index >= 15 is 0 Å². The number of rotatable bonds is 8. The van der Waals surface area contributed by atoms with Gasteiger partial charge in [-0.05, 0) is 37.5 Å². The molecule has 1 aromatic heterocycles. The first-order valence-corrected chi connectivity index (χ1v) is 10.7. The van der Waals surface area contributed by atoms with E-state index in [4.69, 9.17) is 4.98 Å². The van der Waals surface area contributed by atoms with Gasteiger partial charge < -0.3 is 0 Å². The van der Waals surface area contributed by atoms with E-state index in [1.165, 1.54) is 17.3 Å². The Balaban J connectivity index is 1.92. The molecule has 0 aliphatic carbocycles. The van der Waals surface area contributed by atoms with Gasteiger partial charge >= 0.3 is 0 Å². The van der Waals surface area contributed by atoms with Crippen molar-refractivity contribution in [2.45, 2.75) is 57.0 Å². The minimum atomic E-state index is -0.326. The van der Waals surface area contributed by atoms with Gasteiger partial charge in [0, 0.05) is 12.1 Å². The molecule has 28 heavy (non-hydrogen) atoms. The number of Topliss-reactive ketones (excluding diaryl/α,β-unsaturated/α-hetero) is 1. The maximum absolute atomic E-state index is 13.0. The average molecular weight is 395 g/mol. The van der Waals surface area contributed by atoms with Crippen LogP contribution in [0.5, 0.6) is 0 Å². The minimum Gasteiger partial charge on any atom is -0.293 e. The predicted molar refractivity (Wildman–Crippen MR) is 116 cm³/mol. The number of thioether (sulfide) groups is 1. The van der Waals surface area contributed by atoms with Crippen molar-refractivity contribution in [3.05, 3.63) is 70.0 Å². The van der Waals surface area contributed by atoms with E-state index in [0.29, 0.717) is 28.2 Å². The molecule has 0 aliphatic heterocycles. The Hall–Kier alpha value is -2.40. The lowest BCUT2D eigenvalue weighted by Crippen LogP contribution is -2.25. The third-order valence-electron chi connectivity index (χ3n) is 4.86. The SMILES string of the molecule is CCCCn1c(S[C@H](C)C(=O)c2ccc(CC)cc2)nc2ccccc2c1=O. The van der Waals surface area contributed by atoms with Crippen LogP contribution in [0.25, 0.3) is 10.9 Å². The van der Waals surface area contributed by atoms with Crippen molar-refractivity contribution in [1.82, 2.24) is 9.55 Å². The molecular weight excluding hydrogens is 368 g/mol. The van der Waals surface area contributed by atoms with Crippen molar-refractivity contribution in [2.75, 3.05) is 0 Å². The van der Waals surface area contributed by atoms with Crippen LogP contribution in [0.2, 0.25) is 0 Å². The Labute approximate surface area is 170 Å². The zero-order chi connectivity index (χ0) is 20.1. The van der Waals surface area contributed by atoms with Crippen molar-refractivity contribution in [3.8, 4) is 0 Å². The average Bonchev–Trinajstić information content (AvgIpc) is 2.73. The van der Waals surface area contributed by atoms with Gasteiger partial charge in [-0.1, -0.05) is 68.4 Å². The fraction of sp³-hybridized carbons (Fsp3) is 0.348. The number of aryl methyl sites for hydroxylation is 1. The van der Waals surface area contributed by atoms with Gasteiger partial charge in [-0.25, -0.2) is 4.98 Å². The maximum Gasteiger partial charge on any atom is 0.262 e. The van der Waals surface area contributed by atoms with Crippen LogP contribution >= 0.6 is 11.8 Å². The second-order valence-electron chi connectivity index (χ2n) is 6.90. The summed E-state index contributed by atoms with van der Waals surface area (Å²) in [6.07, 6.45) is 2.83. The van der Waals surface area contributed by atoms with Gasteiger partial charge in [0.1, 0.15) is 0 Å². The van der Waals surface area contributed by atoms with E-state index in [1.807, 2.05) is 55.5 Å². The molecule has 5 heteroatoms. The van der Waals surface area contributed by atoms with E-state index < -0.39 is 0 Å². The molecule has 0 saturated heterocycles. The molecule has 146 valence electrons. The second-order valence-corrected chi connectivity index (χ2v) is 8.20. The summed E-state index contributed by atoms with van der Waals surface area (Å²) in [7, 11) is 0. The van der Waals surface area contributed by atoms with E-state index in [0.717, 1.165) is 19.3 Å². The highest BCUT2D eigenvalue weighted by atomic mass is 32.2. The molecule has 3 rings (SSSR count). The number of hydrogen-bond acceptors (Lipinski definition) is 4. The molecular formula is C23H26N2O2S. The third-order valence-corrected chi connectivity index (χ3v) is 5.95. The van der Waals surface area contributed by atoms with Crippen LogP contribution in [-0.4, -0.2) is 20.6 Å². The van der Waals surface area contributed by atoms with Gasteiger partial charge in [0.25, 0.3) is 5.56 Å². The Morgan fingerprint density at radius 2 is 1.82 bits per heavy atom. The second kappa shape index (κ2) is 9.20. The smallest absolute Gasteiger partial charge is 0.262 e. The van der Waals surface area contributed by atoms with Gasteiger partial charge in [-0.3, -0.25) is 14.2 Å². The van der Waals surface area contributed by atoms with Gasteiger partial charge in [0.15, 0.2) is 10.9 Å². The molecule has 1 atom stereocenters. The number of para-hydroxylation sites is 1. The molecule has 0 amide bonds. The molecule has 0 spiro atoms. The molecule has 0 bridgehead atoms. The number of benzene rings is 2. The maximum atomic E-state index is 13.0. The first-order valence-electron chi connectivity index (χ1n) is 9.84. The zero-order valence-corrected chi connectivity index (χ0v) is 17.5. The number of fused-ring (bicyclic) bond motifs is 1. The molecule has 0 N–H and O–H groups in total. The fourth-order valence-corrected chi connectivity index (χ4v) is 4.11. The summed E-state index contributed by atoms with van der Waals surface area (Å²) in [6.45, 7) is 6.68. The summed E-state index contributed by atoms with van der Waals surface area (Å²) in [5.74, 6) is 0.0529. The van der Waals surface area contributed by atoms with Gasteiger partial charge in [0.2, 0.25) is 0 Å². The number of nitrogens with zero attached hydrogens (tertiary/aromatic N) is 2. The highest BCUT2D eigenvalue weighted by Crippen LogP contribution is 2.25. The number of unbranched alkanes of at least 4 members (excludes halogenated alkanes) is 1. The van der Waals surface area contributed by atoms with Crippen LogP contribution in [0.3, 0.4) is 0 Å². The Kier molecular flexibility index (Phi) is 6.68. The van der Waals surface area contributed by atoms with Gasteiger partial charge in [0.05, 0.1) is 16.2 Å². The van der Waals surface area contributed by atoms with E-state index in [9.17, 15) is 9.59 Å². The monoisotopic (exact) mass is 394 g/mol. The summed E-state index contributed by atoms with van der Waals surface area (Å²) >= 11 is 1.36. The van der Waals surface area contributed by atoms with Crippen molar-refractivity contribution < 1.29 is 4.79 Å². The van der Waals surface area contributed by atoms with Crippen molar-refractivity contribution in [1.29, 1.82) is 0 Å². The molecule has 4 nitrogen and oxygen atoms in total. The molecule has 2 aromatic carbocycles. The lowest BCUT2D eigenvalue weighted by atomic mass is 10.1. The highest BCUT2D eigenvalue weighted by molar-refractivity contribution is 8.00. The summed E-state index contributed by atoms with van der Waals surface area (Å²) in [5.41, 5.74) is 2.55. The van der Waals surface area contributed by atoms with E-state index in [1.54, 1.807) is 4.57 Å².